The lowest BCUT2D eigenvalue weighted by Crippen LogP contribution is -2.32. The molecule has 2 aromatic carbocycles. The molecule has 3 rings (SSSR count). The molecule has 156 valence electrons. The van der Waals surface area contributed by atoms with Crippen molar-refractivity contribution in [3.63, 3.8) is 0 Å². The van der Waals surface area contributed by atoms with Crippen LogP contribution in [-0.2, 0) is 10.0 Å². The van der Waals surface area contributed by atoms with Gasteiger partial charge in [0.05, 0.1) is 10.9 Å². The Morgan fingerprint density at radius 2 is 1.62 bits per heavy atom. The molecular formula is C21H24F2N2O3S. The van der Waals surface area contributed by atoms with Crippen LogP contribution in [0.1, 0.15) is 54.6 Å². The van der Waals surface area contributed by atoms with Crippen LogP contribution in [-0.4, -0.2) is 31.7 Å². The highest BCUT2D eigenvalue weighted by atomic mass is 32.2. The van der Waals surface area contributed by atoms with Crippen molar-refractivity contribution >= 4 is 15.9 Å². The quantitative estimate of drug-likeness (QED) is 0.792. The van der Waals surface area contributed by atoms with Gasteiger partial charge in [-0.15, -0.1) is 0 Å². The lowest BCUT2D eigenvalue weighted by Gasteiger charge is -2.20. The topological polar surface area (TPSA) is 66.5 Å². The maximum Gasteiger partial charge on any atom is 0.251 e. The van der Waals surface area contributed by atoms with Gasteiger partial charge in [-0.2, -0.15) is 4.31 Å². The second-order valence-corrected chi connectivity index (χ2v) is 9.14. The Hall–Kier alpha value is -2.32. The molecule has 1 saturated heterocycles. The van der Waals surface area contributed by atoms with Gasteiger partial charge >= 0.3 is 0 Å². The summed E-state index contributed by atoms with van der Waals surface area (Å²) in [4.78, 5) is 12.6. The molecule has 0 aromatic heterocycles. The number of carbonyl (C=O) groups excluding carboxylic acids is 1. The Balaban J connectivity index is 1.71. The molecule has 29 heavy (non-hydrogen) atoms. The van der Waals surface area contributed by atoms with E-state index in [4.69, 9.17) is 0 Å². The maximum atomic E-state index is 13.9. The van der Waals surface area contributed by atoms with E-state index in [1.807, 2.05) is 0 Å². The fourth-order valence-corrected chi connectivity index (χ4v) is 4.94. The smallest absolute Gasteiger partial charge is 0.251 e. The van der Waals surface area contributed by atoms with Gasteiger partial charge in [0.25, 0.3) is 5.91 Å². The summed E-state index contributed by atoms with van der Waals surface area (Å²) < 4.78 is 54.0. The van der Waals surface area contributed by atoms with E-state index in [9.17, 15) is 22.0 Å². The van der Waals surface area contributed by atoms with Crippen molar-refractivity contribution < 1.29 is 22.0 Å². The standard InChI is InChI=1S/C21H24F2N2O3S/c1-15(19-11-8-17(22)14-20(19)23)24-21(26)16-6-9-18(10-7-16)29(27,28)25-12-4-2-3-5-13-25/h6-11,14-15H,2-5,12-13H2,1H3,(H,24,26)/t15-/m1/s1. The molecule has 1 atom stereocenters. The molecule has 0 spiro atoms. The van der Waals surface area contributed by atoms with Crippen LogP contribution in [0.5, 0.6) is 0 Å². The first-order chi connectivity index (χ1) is 13.8. The molecule has 0 aliphatic carbocycles. The third-order valence-electron chi connectivity index (χ3n) is 5.10. The van der Waals surface area contributed by atoms with Crippen LogP contribution in [0.3, 0.4) is 0 Å². The maximum absolute atomic E-state index is 13.9. The summed E-state index contributed by atoms with van der Waals surface area (Å²) in [6.45, 7) is 2.60. The van der Waals surface area contributed by atoms with Gasteiger partial charge in [0, 0.05) is 30.3 Å². The van der Waals surface area contributed by atoms with E-state index in [2.05, 4.69) is 5.32 Å². The van der Waals surface area contributed by atoms with E-state index >= 15 is 0 Å². The average molecular weight is 422 g/mol. The summed E-state index contributed by atoms with van der Waals surface area (Å²) in [7, 11) is -3.59. The molecule has 2 aromatic rings. The van der Waals surface area contributed by atoms with Gasteiger partial charge in [-0.1, -0.05) is 18.9 Å². The lowest BCUT2D eigenvalue weighted by atomic mass is 10.1. The average Bonchev–Trinajstić information content (AvgIpc) is 2.98. The van der Waals surface area contributed by atoms with Gasteiger partial charge in [-0.25, -0.2) is 17.2 Å². The first-order valence-corrected chi connectivity index (χ1v) is 11.1. The minimum Gasteiger partial charge on any atom is -0.345 e. The number of benzene rings is 2. The third kappa shape index (κ3) is 5.00. The predicted octanol–water partition coefficient (Wildman–Crippen LogP) is 4.02. The summed E-state index contributed by atoms with van der Waals surface area (Å²) >= 11 is 0. The van der Waals surface area contributed by atoms with Gasteiger partial charge in [-0.3, -0.25) is 4.79 Å². The highest BCUT2D eigenvalue weighted by molar-refractivity contribution is 7.89. The predicted molar refractivity (Wildman–Crippen MR) is 106 cm³/mol. The van der Waals surface area contributed by atoms with Crippen LogP contribution in [0.2, 0.25) is 0 Å². The Kier molecular flexibility index (Phi) is 6.64. The summed E-state index contributed by atoms with van der Waals surface area (Å²) in [5.41, 5.74) is 0.425. The zero-order valence-corrected chi connectivity index (χ0v) is 17.0. The van der Waals surface area contributed by atoms with Crippen LogP contribution in [0.25, 0.3) is 0 Å². The summed E-state index contributed by atoms with van der Waals surface area (Å²) in [6.07, 6.45) is 3.74. The van der Waals surface area contributed by atoms with Gasteiger partial charge in [-0.05, 0) is 50.1 Å². The monoisotopic (exact) mass is 422 g/mol. The summed E-state index contributed by atoms with van der Waals surface area (Å²) in [5.74, 6) is -1.90. The fourth-order valence-electron chi connectivity index (χ4n) is 3.42. The van der Waals surface area contributed by atoms with E-state index in [1.165, 1.54) is 34.6 Å². The zero-order valence-electron chi connectivity index (χ0n) is 16.2. The van der Waals surface area contributed by atoms with Crippen LogP contribution in [0, 0.1) is 11.6 Å². The highest BCUT2D eigenvalue weighted by Gasteiger charge is 2.25. The molecule has 0 unspecified atom stereocenters. The fraction of sp³-hybridized carbons (Fsp3) is 0.381. The first-order valence-electron chi connectivity index (χ1n) is 9.65. The van der Waals surface area contributed by atoms with Crippen molar-refractivity contribution in [1.82, 2.24) is 9.62 Å². The molecule has 0 radical (unpaired) electrons. The van der Waals surface area contributed by atoms with Crippen molar-refractivity contribution in [2.75, 3.05) is 13.1 Å². The Labute approximate surface area is 169 Å². The van der Waals surface area contributed by atoms with Gasteiger partial charge in [0.15, 0.2) is 0 Å². The van der Waals surface area contributed by atoms with Crippen molar-refractivity contribution in [2.45, 2.75) is 43.5 Å². The van der Waals surface area contributed by atoms with Crippen molar-refractivity contribution in [2.24, 2.45) is 0 Å². The molecule has 1 N–H and O–H groups in total. The molecule has 1 aliphatic heterocycles. The molecule has 1 heterocycles. The number of carbonyl (C=O) groups is 1. The summed E-state index contributed by atoms with van der Waals surface area (Å²) in [5, 5.41) is 2.64. The van der Waals surface area contributed by atoms with Gasteiger partial charge < -0.3 is 5.32 Å². The number of amides is 1. The van der Waals surface area contributed by atoms with E-state index < -0.39 is 33.6 Å². The van der Waals surface area contributed by atoms with Gasteiger partial charge in [0.2, 0.25) is 10.0 Å². The van der Waals surface area contributed by atoms with E-state index in [0.29, 0.717) is 13.1 Å². The van der Waals surface area contributed by atoms with Crippen LogP contribution in [0.15, 0.2) is 47.4 Å². The van der Waals surface area contributed by atoms with Crippen LogP contribution in [0.4, 0.5) is 8.78 Å². The third-order valence-corrected chi connectivity index (χ3v) is 7.01. The van der Waals surface area contributed by atoms with E-state index in [-0.39, 0.29) is 16.0 Å². The summed E-state index contributed by atoms with van der Waals surface area (Å²) in [6, 6.07) is 8.21. The molecule has 1 amide bonds. The largest absolute Gasteiger partial charge is 0.345 e. The molecule has 1 fully saturated rings. The Morgan fingerprint density at radius 3 is 2.21 bits per heavy atom. The molecule has 1 aliphatic rings. The molecular weight excluding hydrogens is 398 g/mol. The van der Waals surface area contributed by atoms with E-state index in [1.54, 1.807) is 6.92 Å². The zero-order chi connectivity index (χ0) is 21.0. The minimum atomic E-state index is -3.59. The number of hydrogen-bond acceptors (Lipinski definition) is 3. The number of halogens is 2. The number of nitrogens with zero attached hydrogens (tertiary/aromatic N) is 1. The lowest BCUT2D eigenvalue weighted by molar-refractivity contribution is 0.0939. The highest BCUT2D eigenvalue weighted by Crippen LogP contribution is 2.22. The normalized spacial score (nSPS) is 16.8. The Bertz CT molecular complexity index is 970. The number of hydrogen-bond donors (Lipinski definition) is 1. The Morgan fingerprint density at radius 1 is 1.00 bits per heavy atom. The molecule has 0 bridgehead atoms. The van der Waals surface area contributed by atoms with E-state index in [0.717, 1.165) is 37.8 Å². The van der Waals surface area contributed by atoms with Gasteiger partial charge in [0.1, 0.15) is 11.6 Å². The second kappa shape index (κ2) is 9.00. The van der Waals surface area contributed by atoms with Crippen LogP contribution < -0.4 is 5.32 Å². The number of sulfonamides is 1. The van der Waals surface area contributed by atoms with Crippen molar-refractivity contribution in [3.05, 3.63) is 65.2 Å². The molecule has 0 saturated carbocycles. The minimum absolute atomic E-state index is 0.147. The number of nitrogens with one attached hydrogen (secondary N) is 1. The first kappa shape index (κ1) is 21.4. The molecule has 5 nitrogen and oxygen atoms in total. The second-order valence-electron chi connectivity index (χ2n) is 7.20. The molecule has 8 heteroatoms. The van der Waals surface area contributed by atoms with Crippen LogP contribution >= 0.6 is 0 Å². The van der Waals surface area contributed by atoms with Crippen molar-refractivity contribution in [1.29, 1.82) is 0 Å². The van der Waals surface area contributed by atoms with Crippen molar-refractivity contribution in [3.8, 4) is 0 Å². The number of rotatable bonds is 5. The SMILES string of the molecule is C[C@@H](NC(=O)c1ccc(S(=O)(=O)N2CCCCCC2)cc1)c1ccc(F)cc1F.